The van der Waals surface area contributed by atoms with Crippen LogP contribution in [0, 0.1) is 0 Å². The van der Waals surface area contributed by atoms with Gasteiger partial charge >= 0.3 is 0 Å². The number of pyridine rings is 1. The van der Waals surface area contributed by atoms with E-state index in [-0.39, 0.29) is 12.6 Å². The second kappa shape index (κ2) is 7.69. The van der Waals surface area contributed by atoms with E-state index >= 15 is 0 Å². The maximum absolute atomic E-state index is 13.7. The molecule has 6 nitrogen and oxygen atoms in total. The zero-order chi connectivity index (χ0) is 20.6. The molecule has 2 aliphatic rings. The van der Waals surface area contributed by atoms with Crippen LogP contribution in [0.5, 0.6) is 0 Å². The number of aldehydes is 1. The van der Waals surface area contributed by atoms with Gasteiger partial charge in [0.25, 0.3) is 0 Å². The molecule has 1 amide bonds. The summed E-state index contributed by atoms with van der Waals surface area (Å²) in [6.07, 6.45) is 2.01. The topological polar surface area (TPSA) is 68.7 Å². The standard InChI is InChI=1S/C21H32N2O4Si/c1-6-20(7-2)18-17(9-8-16(12-24)22-18)21(13-27-14-21)23(19(20)25)15-26-10-11-28(3,4)5/h8-9,12H,6-7,10-11,13-15H2,1-5H3. The molecular formula is C21H32N2O4Si. The summed E-state index contributed by atoms with van der Waals surface area (Å²) in [4.78, 5) is 31.6. The Bertz CT molecular complexity index is 751. The Kier molecular flexibility index (Phi) is 5.80. The van der Waals surface area contributed by atoms with Crippen molar-refractivity contribution in [2.75, 3.05) is 26.6 Å². The molecule has 1 saturated heterocycles. The monoisotopic (exact) mass is 404 g/mol. The Labute approximate surface area is 168 Å². The van der Waals surface area contributed by atoms with Gasteiger partial charge in [-0.25, -0.2) is 4.98 Å². The van der Waals surface area contributed by atoms with Crippen molar-refractivity contribution in [3.8, 4) is 0 Å². The second-order valence-corrected chi connectivity index (χ2v) is 14.8. The molecule has 1 fully saturated rings. The molecule has 1 aromatic rings. The van der Waals surface area contributed by atoms with Crippen molar-refractivity contribution < 1.29 is 19.1 Å². The third-order valence-electron chi connectivity index (χ3n) is 6.27. The van der Waals surface area contributed by atoms with Crippen molar-refractivity contribution >= 4 is 20.3 Å². The Balaban J connectivity index is 1.99. The number of nitrogens with zero attached hydrogens (tertiary/aromatic N) is 2. The molecule has 28 heavy (non-hydrogen) atoms. The van der Waals surface area contributed by atoms with Crippen LogP contribution < -0.4 is 0 Å². The zero-order valence-electron chi connectivity index (χ0n) is 17.7. The summed E-state index contributed by atoms with van der Waals surface area (Å²) in [7, 11) is -1.20. The fourth-order valence-electron chi connectivity index (χ4n) is 4.19. The van der Waals surface area contributed by atoms with E-state index < -0.39 is 19.0 Å². The Hall–Kier alpha value is -1.57. The van der Waals surface area contributed by atoms with Gasteiger partial charge in [-0.1, -0.05) is 39.6 Å². The fourth-order valence-corrected chi connectivity index (χ4v) is 4.95. The minimum absolute atomic E-state index is 0.0388. The summed E-state index contributed by atoms with van der Waals surface area (Å²) in [5.41, 5.74) is 0.855. The van der Waals surface area contributed by atoms with E-state index in [0.29, 0.717) is 38.4 Å². The highest BCUT2D eigenvalue weighted by molar-refractivity contribution is 6.76. The second-order valence-electron chi connectivity index (χ2n) is 9.14. The van der Waals surface area contributed by atoms with Gasteiger partial charge in [-0.2, -0.15) is 0 Å². The normalized spacial score (nSPS) is 20.0. The molecule has 0 aliphatic carbocycles. The molecule has 154 valence electrons. The van der Waals surface area contributed by atoms with Crippen LogP contribution in [0.4, 0.5) is 0 Å². The molecule has 0 aromatic carbocycles. The molecule has 1 aromatic heterocycles. The minimum Gasteiger partial charge on any atom is -0.376 e. The Morgan fingerprint density at radius 1 is 1.25 bits per heavy atom. The van der Waals surface area contributed by atoms with Crippen LogP contribution in [0.1, 0.15) is 48.4 Å². The van der Waals surface area contributed by atoms with Crippen LogP contribution in [0.25, 0.3) is 0 Å². The summed E-state index contributed by atoms with van der Waals surface area (Å²) in [5.74, 6) is 0.0388. The van der Waals surface area contributed by atoms with Crippen molar-refractivity contribution in [1.29, 1.82) is 0 Å². The first-order chi connectivity index (χ1) is 13.2. The van der Waals surface area contributed by atoms with Gasteiger partial charge in [0.15, 0.2) is 6.29 Å². The SMILES string of the molecule is CCC1(CC)C(=O)N(COCC[Si](C)(C)C)C2(COC2)c2ccc(C=O)nc21. The van der Waals surface area contributed by atoms with Crippen molar-refractivity contribution in [2.24, 2.45) is 0 Å². The molecule has 2 aliphatic heterocycles. The predicted octanol–water partition coefficient (Wildman–Crippen LogP) is 3.33. The average Bonchev–Trinajstić information content (AvgIpc) is 2.63. The van der Waals surface area contributed by atoms with E-state index in [0.717, 1.165) is 23.6 Å². The highest BCUT2D eigenvalue weighted by Crippen LogP contribution is 2.49. The van der Waals surface area contributed by atoms with Crippen LogP contribution in [-0.4, -0.2) is 56.7 Å². The van der Waals surface area contributed by atoms with E-state index in [1.54, 1.807) is 6.07 Å². The van der Waals surface area contributed by atoms with Crippen molar-refractivity contribution in [2.45, 2.75) is 63.3 Å². The molecule has 0 bridgehead atoms. The summed E-state index contributed by atoms with van der Waals surface area (Å²) >= 11 is 0. The molecule has 3 rings (SSSR count). The van der Waals surface area contributed by atoms with Crippen LogP contribution in [-0.2, 0) is 25.2 Å². The number of hydrogen-bond acceptors (Lipinski definition) is 5. The number of hydrogen-bond donors (Lipinski definition) is 0. The molecule has 0 N–H and O–H groups in total. The van der Waals surface area contributed by atoms with E-state index in [1.807, 2.05) is 24.8 Å². The number of ether oxygens (including phenoxy) is 2. The minimum atomic E-state index is -1.20. The van der Waals surface area contributed by atoms with Gasteiger partial charge in [-0.3, -0.25) is 9.59 Å². The zero-order valence-corrected chi connectivity index (χ0v) is 18.7. The Morgan fingerprint density at radius 3 is 2.43 bits per heavy atom. The van der Waals surface area contributed by atoms with Crippen molar-refractivity contribution in [3.05, 3.63) is 29.1 Å². The summed E-state index contributed by atoms with van der Waals surface area (Å²) < 4.78 is 11.6. The van der Waals surface area contributed by atoms with Crippen LogP contribution >= 0.6 is 0 Å². The quantitative estimate of drug-likeness (QED) is 0.378. The first-order valence-corrected chi connectivity index (χ1v) is 13.9. The number of carbonyl (C=O) groups is 2. The predicted molar refractivity (Wildman–Crippen MR) is 110 cm³/mol. The molecule has 0 saturated carbocycles. The maximum atomic E-state index is 13.7. The lowest BCUT2D eigenvalue weighted by atomic mass is 9.67. The summed E-state index contributed by atoms with van der Waals surface area (Å²) in [6.45, 7) is 12.8. The van der Waals surface area contributed by atoms with E-state index in [4.69, 9.17) is 9.47 Å². The first kappa shape index (κ1) is 21.1. The third-order valence-corrected chi connectivity index (χ3v) is 7.97. The number of carbonyl (C=O) groups excluding carboxylic acids is 2. The molecule has 7 heteroatoms. The smallest absolute Gasteiger partial charge is 0.237 e. The number of amides is 1. The van der Waals surface area contributed by atoms with Gasteiger partial charge in [0.2, 0.25) is 5.91 Å². The molecule has 0 atom stereocenters. The highest BCUT2D eigenvalue weighted by atomic mass is 28.3. The lowest BCUT2D eigenvalue weighted by molar-refractivity contribution is -0.198. The average molecular weight is 405 g/mol. The molecule has 1 spiro atoms. The maximum Gasteiger partial charge on any atom is 0.237 e. The summed E-state index contributed by atoms with van der Waals surface area (Å²) in [5, 5.41) is 0. The molecular weight excluding hydrogens is 372 g/mol. The van der Waals surface area contributed by atoms with Gasteiger partial charge in [-0.05, 0) is 25.0 Å². The Morgan fingerprint density at radius 2 is 1.93 bits per heavy atom. The molecule has 3 heterocycles. The fraction of sp³-hybridized carbons (Fsp3) is 0.667. The third kappa shape index (κ3) is 3.33. The lowest BCUT2D eigenvalue weighted by Crippen LogP contribution is -2.69. The van der Waals surface area contributed by atoms with Gasteiger partial charge in [0.1, 0.15) is 18.0 Å². The largest absolute Gasteiger partial charge is 0.376 e. The van der Waals surface area contributed by atoms with Gasteiger partial charge in [0.05, 0.1) is 24.3 Å². The van der Waals surface area contributed by atoms with Crippen LogP contribution in [0.15, 0.2) is 12.1 Å². The van der Waals surface area contributed by atoms with Crippen molar-refractivity contribution in [1.82, 2.24) is 9.88 Å². The van der Waals surface area contributed by atoms with Gasteiger partial charge in [-0.15, -0.1) is 0 Å². The first-order valence-electron chi connectivity index (χ1n) is 10.2. The lowest BCUT2D eigenvalue weighted by Gasteiger charge is -2.56. The molecule has 0 unspecified atom stereocenters. The van der Waals surface area contributed by atoms with Crippen molar-refractivity contribution in [3.63, 3.8) is 0 Å². The number of rotatable bonds is 8. The number of fused-ring (bicyclic) bond motifs is 2. The summed E-state index contributed by atoms with van der Waals surface area (Å²) in [6, 6.07) is 4.75. The van der Waals surface area contributed by atoms with E-state index in [2.05, 4.69) is 24.6 Å². The van der Waals surface area contributed by atoms with Gasteiger partial charge < -0.3 is 14.4 Å². The highest BCUT2D eigenvalue weighted by Gasteiger charge is 2.59. The van der Waals surface area contributed by atoms with Gasteiger partial charge in [0, 0.05) is 20.2 Å². The van der Waals surface area contributed by atoms with E-state index in [1.165, 1.54) is 0 Å². The van der Waals surface area contributed by atoms with Crippen LogP contribution in [0.3, 0.4) is 0 Å². The van der Waals surface area contributed by atoms with Crippen LogP contribution in [0.2, 0.25) is 25.7 Å². The number of aromatic nitrogens is 1. The molecule has 0 radical (unpaired) electrons. The van der Waals surface area contributed by atoms with E-state index in [9.17, 15) is 9.59 Å².